The fourth-order valence-corrected chi connectivity index (χ4v) is 1.81. The van der Waals surface area contributed by atoms with E-state index in [1.54, 1.807) is 6.26 Å². The van der Waals surface area contributed by atoms with Gasteiger partial charge in [-0.2, -0.15) is 0 Å². The molecular formula is C15H17NO2. The number of carbonyl (C=O) groups is 1. The molecule has 18 heavy (non-hydrogen) atoms. The molecule has 0 aliphatic rings. The minimum absolute atomic E-state index is 0.0127. The third-order valence-electron chi connectivity index (χ3n) is 2.75. The summed E-state index contributed by atoms with van der Waals surface area (Å²) < 4.78 is 5.46. The summed E-state index contributed by atoms with van der Waals surface area (Å²) in [6.45, 7) is 8.17. The Labute approximate surface area is 106 Å². The fourth-order valence-electron chi connectivity index (χ4n) is 1.81. The molecule has 0 unspecified atom stereocenters. The smallest absolute Gasteiger partial charge is 0.224 e. The maximum absolute atomic E-state index is 11.7. The summed E-state index contributed by atoms with van der Waals surface area (Å²) in [5.41, 5.74) is 3.84. The molecule has 0 aliphatic carbocycles. The summed E-state index contributed by atoms with van der Waals surface area (Å²) in [7, 11) is 0. The predicted octanol–water partition coefficient (Wildman–Crippen LogP) is 2.98. The molecule has 0 atom stereocenters. The second-order valence-electron chi connectivity index (χ2n) is 4.67. The van der Waals surface area contributed by atoms with Gasteiger partial charge in [-0.1, -0.05) is 24.3 Å². The van der Waals surface area contributed by atoms with Gasteiger partial charge >= 0.3 is 0 Å². The van der Waals surface area contributed by atoms with E-state index in [1.165, 1.54) is 0 Å². The Morgan fingerprint density at radius 2 is 2.22 bits per heavy atom. The lowest BCUT2D eigenvalue weighted by atomic mass is 10.1. The van der Waals surface area contributed by atoms with Gasteiger partial charge in [-0.05, 0) is 25.5 Å². The summed E-state index contributed by atoms with van der Waals surface area (Å²) in [6, 6.07) is 5.99. The van der Waals surface area contributed by atoms with Gasteiger partial charge in [0.25, 0.3) is 0 Å². The van der Waals surface area contributed by atoms with Crippen LogP contribution in [0.4, 0.5) is 0 Å². The van der Waals surface area contributed by atoms with Gasteiger partial charge in [0.2, 0.25) is 5.91 Å². The molecule has 2 aromatic rings. The third kappa shape index (κ3) is 2.80. The third-order valence-corrected chi connectivity index (χ3v) is 2.75. The zero-order valence-electron chi connectivity index (χ0n) is 10.7. The van der Waals surface area contributed by atoms with Crippen molar-refractivity contribution < 1.29 is 9.21 Å². The van der Waals surface area contributed by atoms with Crippen LogP contribution in [-0.2, 0) is 11.2 Å². The largest absolute Gasteiger partial charge is 0.464 e. The van der Waals surface area contributed by atoms with Crippen LogP contribution in [0.3, 0.4) is 0 Å². The summed E-state index contributed by atoms with van der Waals surface area (Å²) in [5, 5.41) is 3.82. The highest BCUT2D eigenvalue weighted by atomic mass is 16.3. The molecule has 1 amide bonds. The van der Waals surface area contributed by atoms with Crippen LogP contribution in [-0.4, -0.2) is 12.5 Å². The van der Waals surface area contributed by atoms with Crippen molar-refractivity contribution >= 4 is 16.9 Å². The van der Waals surface area contributed by atoms with E-state index < -0.39 is 0 Å². The first-order valence-electron chi connectivity index (χ1n) is 5.94. The van der Waals surface area contributed by atoms with Crippen molar-refractivity contribution in [2.45, 2.75) is 20.3 Å². The average molecular weight is 243 g/mol. The van der Waals surface area contributed by atoms with Crippen molar-refractivity contribution in [3.63, 3.8) is 0 Å². The van der Waals surface area contributed by atoms with Crippen molar-refractivity contribution in [3.8, 4) is 0 Å². The minimum Gasteiger partial charge on any atom is -0.464 e. The minimum atomic E-state index is -0.0127. The lowest BCUT2D eigenvalue weighted by Gasteiger charge is -2.03. The predicted molar refractivity (Wildman–Crippen MR) is 72.5 cm³/mol. The van der Waals surface area contributed by atoms with Gasteiger partial charge in [-0.25, -0.2) is 0 Å². The molecule has 0 radical (unpaired) electrons. The van der Waals surface area contributed by atoms with Crippen molar-refractivity contribution in [1.82, 2.24) is 5.32 Å². The maximum Gasteiger partial charge on any atom is 0.224 e. The van der Waals surface area contributed by atoms with E-state index in [0.717, 1.165) is 27.7 Å². The molecule has 2 rings (SSSR count). The molecule has 1 aromatic heterocycles. The second-order valence-corrected chi connectivity index (χ2v) is 4.67. The molecule has 0 aliphatic heterocycles. The Bertz CT molecular complexity index is 596. The molecule has 0 spiro atoms. The first-order chi connectivity index (χ1) is 8.56. The Kier molecular flexibility index (Phi) is 3.51. The first kappa shape index (κ1) is 12.4. The van der Waals surface area contributed by atoms with Gasteiger partial charge in [0.15, 0.2) is 0 Å². The molecule has 1 N–H and O–H groups in total. The molecule has 3 heteroatoms. The standard InChI is InChI=1S/C15H17NO2/c1-10(2)8-16-15(17)7-12-9-18-14-6-11(3)4-5-13(12)14/h4-6,9H,1,7-8H2,2-3H3,(H,16,17). The highest BCUT2D eigenvalue weighted by Crippen LogP contribution is 2.22. The zero-order chi connectivity index (χ0) is 13.1. The van der Waals surface area contributed by atoms with Gasteiger partial charge < -0.3 is 9.73 Å². The van der Waals surface area contributed by atoms with Crippen molar-refractivity contribution in [2.24, 2.45) is 0 Å². The first-order valence-corrected chi connectivity index (χ1v) is 5.94. The topological polar surface area (TPSA) is 42.2 Å². The Morgan fingerprint density at radius 1 is 1.44 bits per heavy atom. The van der Waals surface area contributed by atoms with E-state index in [4.69, 9.17) is 4.42 Å². The molecule has 0 fully saturated rings. The van der Waals surface area contributed by atoms with Crippen molar-refractivity contribution in [3.05, 3.63) is 47.7 Å². The van der Waals surface area contributed by atoms with Crippen LogP contribution in [0.1, 0.15) is 18.1 Å². The van der Waals surface area contributed by atoms with Gasteiger partial charge in [0.05, 0.1) is 12.7 Å². The zero-order valence-corrected chi connectivity index (χ0v) is 10.7. The Hall–Kier alpha value is -2.03. The fraction of sp³-hybridized carbons (Fsp3) is 0.267. The van der Waals surface area contributed by atoms with E-state index in [1.807, 2.05) is 32.0 Å². The SMILES string of the molecule is C=C(C)CNC(=O)Cc1coc2cc(C)ccc12. The van der Waals surface area contributed by atoms with Gasteiger partial charge in [-0.3, -0.25) is 4.79 Å². The van der Waals surface area contributed by atoms with E-state index in [9.17, 15) is 4.79 Å². The van der Waals surface area contributed by atoms with E-state index in [2.05, 4.69) is 11.9 Å². The maximum atomic E-state index is 11.7. The lowest BCUT2D eigenvalue weighted by molar-refractivity contribution is -0.120. The van der Waals surface area contributed by atoms with Crippen LogP contribution < -0.4 is 5.32 Å². The normalized spacial score (nSPS) is 10.6. The highest BCUT2D eigenvalue weighted by Gasteiger charge is 2.10. The number of rotatable bonds is 4. The summed E-state index contributed by atoms with van der Waals surface area (Å²) in [5.74, 6) is -0.0127. The number of nitrogens with one attached hydrogen (secondary N) is 1. The summed E-state index contributed by atoms with van der Waals surface area (Å²) in [4.78, 5) is 11.7. The summed E-state index contributed by atoms with van der Waals surface area (Å²) >= 11 is 0. The summed E-state index contributed by atoms with van der Waals surface area (Å²) in [6.07, 6.45) is 1.99. The van der Waals surface area contributed by atoms with Gasteiger partial charge in [0, 0.05) is 17.5 Å². The number of hydrogen-bond donors (Lipinski definition) is 1. The molecule has 1 aromatic carbocycles. The number of aryl methyl sites for hydroxylation is 1. The van der Waals surface area contributed by atoms with E-state index in [-0.39, 0.29) is 5.91 Å². The number of furan rings is 1. The van der Waals surface area contributed by atoms with Crippen LogP contribution in [0.2, 0.25) is 0 Å². The van der Waals surface area contributed by atoms with E-state index >= 15 is 0 Å². The Balaban J connectivity index is 2.12. The molecular weight excluding hydrogens is 226 g/mol. The van der Waals surface area contributed by atoms with Crippen molar-refractivity contribution in [1.29, 1.82) is 0 Å². The van der Waals surface area contributed by atoms with Crippen LogP contribution in [0.5, 0.6) is 0 Å². The van der Waals surface area contributed by atoms with Crippen LogP contribution >= 0.6 is 0 Å². The number of amides is 1. The molecule has 94 valence electrons. The molecule has 0 bridgehead atoms. The molecule has 0 saturated carbocycles. The molecule has 3 nitrogen and oxygen atoms in total. The molecule has 0 saturated heterocycles. The van der Waals surface area contributed by atoms with Crippen molar-refractivity contribution in [2.75, 3.05) is 6.54 Å². The lowest BCUT2D eigenvalue weighted by Crippen LogP contribution is -2.26. The van der Waals surface area contributed by atoms with Gasteiger partial charge in [0.1, 0.15) is 5.58 Å². The van der Waals surface area contributed by atoms with Crippen LogP contribution in [0.15, 0.2) is 41.0 Å². The molecule has 1 heterocycles. The monoisotopic (exact) mass is 243 g/mol. The van der Waals surface area contributed by atoms with Gasteiger partial charge in [-0.15, -0.1) is 0 Å². The highest BCUT2D eigenvalue weighted by molar-refractivity contribution is 5.87. The number of hydrogen-bond acceptors (Lipinski definition) is 2. The average Bonchev–Trinajstić information content (AvgIpc) is 2.69. The Morgan fingerprint density at radius 3 is 2.94 bits per heavy atom. The van der Waals surface area contributed by atoms with Crippen LogP contribution in [0, 0.1) is 6.92 Å². The number of fused-ring (bicyclic) bond motifs is 1. The van der Waals surface area contributed by atoms with Crippen LogP contribution in [0.25, 0.3) is 11.0 Å². The van der Waals surface area contributed by atoms with E-state index in [0.29, 0.717) is 13.0 Å². The number of carbonyl (C=O) groups excluding carboxylic acids is 1. The second kappa shape index (κ2) is 5.08. The quantitative estimate of drug-likeness (QED) is 0.839. The number of benzene rings is 1.